The number of aryl methyl sites for hydroxylation is 1. The minimum atomic E-state index is -0.239. The van der Waals surface area contributed by atoms with Gasteiger partial charge in [0, 0.05) is 44.5 Å². The van der Waals surface area contributed by atoms with E-state index in [-0.39, 0.29) is 5.41 Å². The van der Waals surface area contributed by atoms with Crippen molar-refractivity contribution in [1.29, 1.82) is 0 Å². The number of amides is 1. The summed E-state index contributed by atoms with van der Waals surface area (Å²) in [6.45, 7) is 7.88. The summed E-state index contributed by atoms with van der Waals surface area (Å²) >= 11 is 0. The standard InChI is InChI=1S/C17H26N4O2/c1-13-14(2)18-12-19-15(13)21-8-6-17(11-21)5-4-7-20(16(17)22)9-10-23-3/h12H,4-11H2,1-3H3/t17-/m1/s1. The molecular weight excluding hydrogens is 292 g/mol. The smallest absolute Gasteiger partial charge is 0.230 e. The summed E-state index contributed by atoms with van der Waals surface area (Å²) in [5, 5.41) is 0. The van der Waals surface area contributed by atoms with E-state index >= 15 is 0 Å². The molecule has 3 rings (SSSR count). The molecule has 0 aromatic carbocycles. The fourth-order valence-electron chi connectivity index (χ4n) is 3.84. The highest BCUT2D eigenvalue weighted by atomic mass is 16.5. The van der Waals surface area contributed by atoms with Gasteiger partial charge in [-0.1, -0.05) is 0 Å². The van der Waals surface area contributed by atoms with Crippen LogP contribution in [-0.4, -0.2) is 60.7 Å². The van der Waals surface area contributed by atoms with Gasteiger partial charge in [-0.15, -0.1) is 0 Å². The van der Waals surface area contributed by atoms with E-state index in [9.17, 15) is 4.79 Å². The molecule has 0 aliphatic carbocycles. The quantitative estimate of drug-likeness (QED) is 0.843. The molecule has 0 N–H and O–H groups in total. The second-order valence-corrected chi connectivity index (χ2v) is 6.75. The third kappa shape index (κ3) is 2.92. The van der Waals surface area contributed by atoms with Crippen molar-refractivity contribution in [3.8, 4) is 0 Å². The summed E-state index contributed by atoms with van der Waals surface area (Å²) in [4.78, 5) is 26.0. The summed E-state index contributed by atoms with van der Waals surface area (Å²) in [5.41, 5.74) is 1.88. The Kier molecular flexibility index (Phi) is 4.53. The summed E-state index contributed by atoms with van der Waals surface area (Å²) in [5.74, 6) is 1.28. The van der Waals surface area contributed by atoms with E-state index in [1.54, 1.807) is 13.4 Å². The number of carbonyl (C=O) groups excluding carboxylic acids is 1. The molecule has 2 aliphatic rings. The zero-order valence-corrected chi connectivity index (χ0v) is 14.3. The molecule has 1 amide bonds. The molecule has 126 valence electrons. The van der Waals surface area contributed by atoms with Crippen molar-refractivity contribution >= 4 is 11.7 Å². The average Bonchev–Trinajstić information content (AvgIpc) is 2.97. The van der Waals surface area contributed by atoms with Crippen molar-refractivity contribution in [1.82, 2.24) is 14.9 Å². The lowest BCUT2D eigenvalue weighted by Gasteiger charge is -2.39. The molecule has 0 radical (unpaired) electrons. The maximum absolute atomic E-state index is 13.0. The molecule has 1 atom stereocenters. The second-order valence-electron chi connectivity index (χ2n) is 6.75. The third-order valence-corrected chi connectivity index (χ3v) is 5.35. The maximum atomic E-state index is 13.0. The number of carbonyl (C=O) groups is 1. The Morgan fingerprint density at radius 3 is 2.87 bits per heavy atom. The largest absolute Gasteiger partial charge is 0.383 e. The molecule has 0 saturated carbocycles. The number of nitrogens with zero attached hydrogens (tertiary/aromatic N) is 4. The van der Waals surface area contributed by atoms with Crippen molar-refractivity contribution in [2.24, 2.45) is 5.41 Å². The van der Waals surface area contributed by atoms with Gasteiger partial charge in [0.15, 0.2) is 0 Å². The van der Waals surface area contributed by atoms with E-state index in [1.165, 1.54) is 0 Å². The van der Waals surface area contributed by atoms with E-state index in [0.717, 1.165) is 56.0 Å². The lowest BCUT2D eigenvalue weighted by Crippen LogP contribution is -2.51. The lowest BCUT2D eigenvalue weighted by atomic mass is 9.78. The number of likely N-dealkylation sites (tertiary alicyclic amines) is 1. The van der Waals surface area contributed by atoms with E-state index in [1.807, 2.05) is 11.8 Å². The predicted octanol–water partition coefficient (Wildman–Crippen LogP) is 1.56. The molecule has 2 saturated heterocycles. The average molecular weight is 318 g/mol. The summed E-state index contributed by atoms with van der Waals surface area (Å²) < 4.78 is 5.14. The Morgan fingerprint density at radius 1 is 1.26 bits per heavy atom. The van der Waals surface area contributed by atoms with Crippen molar-refractivity contribution in [2.75, 3.05) is 44.8 Å². The fourth-order valence-corrected chi connectivity index (χ4v) is 3.84. The maximum Gasteiger partial charge on any atom is 0.230 e. The number of piperidine rings is 1. The number of anilines is 1. The predicted molar refractivity (Wildman–Crippen MR) is 88.5 cm³/mol. The monoisotopic (exact) mass is 318 g/mol. The van der Waals surface area contributed by atoms with Gasteiger partial charge in [-0.3, -0.25) is 4.79 Å². The Hall–Kier alpha value is -1.69. The van der Waals surface area contributed by atoms with E-state index < -0.39 is 0 Å². The topological polar surface area (TPSA) is 58.6 Å². The number of methoxy groups -OCH3 is 1. The molecule has 6 heteroatoms. The highest BCUT2D eigenvalue weighted by molar-refractivity contribution is 5.85. The van der Waals surface area contributed by atoms with Crippen LogP contribution in [0.25, 0.3) is 0 Å². The third-order valence-electron chi connectivity index (χ3n) is 5.35. The first-order valence-electron chi connectivity index (χ1n) is 8.39. The summed E-state index contributed by atoms with van der Waals surface area (Å²) in [6, 6.07) is 0. The number of hydrogen-bond donors (Lipinski definition) is 0. The molecule has 1 aromatic rings. The van der Waals surface area contributed by atoms with Crippen molar-refractivity contribution < 1.29 is 9.53 Å². The summed E-state index contributed by atoms with van der Waals surface area (Å²) in [6.07, 6.45) is 4.59. The van der Waals surface area contributed by atoms with Crippen LogP contribution in [0, 0.1) is 19.3 Å². The van der Waals surface area contributed by atoms with Crippen LogP contribution in [0.5, 0.6) is 0 Å². The first-order valence-corrected chi connectivity index (χ1v) is 8.39. The normalized spacial score (nSPS) is 24.7. The van der Waals surface area contributed by atoms with Gasteiger partial charge in [0.1, 0.15) is 12.1 Å². The number of rotatable bonds is 4. The molecule has 1 spiro atoms. The van der Waals surface area contributed by atoms with Crippen LogP contribution in [0.3, 0.4) is 0 Å². The van der Waals surface area contributed by atoms with Crippen molar-refractivity contribution in [2.45, 2.75) is 33.1 Å². The van der Waals surface area contributed by atoms with Gasteiger partial charge < -0.3 is 14.5 Å². The van der Waals surface area contributed by atoms with E-state index in [4.69, 9.17) is 4.74 Å². The number of ether oxygens (including phenoxy) is 1. The fraction of sp³-hybridized carbons (Fsp3) is 0.706. The minimum absolute atomic E-state index is 0.239. The zero-order chi connectivity index (χ0) is 16.4. The Morgan fingerprint density at radius 2 is 2.09 bits per heavy atom. The highest BCUT2D eigenvalue weighted by Gasteiger charge is 2.48. The molecular formula is C17H26N4O2. The highest BCUT2D eigenvalue weighted by Crippen LogP contribution is 2.41. The van der Waals surface area contributed by atoms with Crippen LogP contribution in [0.1, 0.15) is 30.5 Å². The van der Waals surface area contributed by atoms with Crippen LogP contribution in [0.15, 0.2) is 6.33 Å². The van der Waals surface area contributed by atoms with Gasteiger partial charge in [-0.05, 0) is 33.1 Å². The van der Waals surface area contributed by atoms with Crippen LogP contribution in [-0.2, 0) is 9.53 Å². The van der Waals surface area contributed by atoms with Gasteiger partial charge in [0.25, 0.3) is 0 Å². The lowest BCUT2D eigenvalue weighted by molar-refractivity contribution is -0.145. The van der Waals surface area contributed by atoms with Gasteiger partial charge in [-0.25, -0.2) is 9.97 Å². The number of aromatic nitrogens is 2. The molecule has 0 unspecified atom stereocenters. The van der Waals surface area contributed by atoms with Crippen LogP contribution in [0.2, 0.25) is 0 Å². The van der Waals surface area contributed by atoms with Gasteiger partial charge >= 0.3 is 0 Å². The molecule has 2 fully saturated rings. The second kappa shape index (κ2) is 6.43. The van der Waals surface area contributed by atoms with Crippen LogP contribution in [0.4, 0.5) is 5.82 Å². The molecule has 1 aromatic heterocycles. The zero-order valence-electron chi connectivity index (χ0n) is 14.3. The first-order chi connectivity index (χ1) is 11.1. The Balaban J connectivity index is 1.77. The van der Waals surface area contributed by atoms with E-state index in [2.05, 4.69) is 21.8 Å². The minimum Gasteiger partial charge on any atom is -0.383 e. The van der Waals surface area contributed by atoms with Gasteiger partial charge in [0.05, 0.1) is 12.0 Å². The van der Waals surface area contributed by atoms with Gasteiger partial charge in [0.2, 0.25) is 5.91 Å². The molecule has 3 heterocycles. The van der Waals surface area contributed by atoms with Crippen LogP contribution < -0.4 is 4.90 Å². The molecule has 23 heavy (non-hydrogen) atoms. The van der Waals surface area contributed by atoms with Crippen molar-refractivity contribution in [3.63, 3.8) is 0 Å². The first kappa shape index (κ1) is 16.2. The summed E-state index contributed by atoms with van der Waals surface area (Å²) in [7, 11) is 1.68. The molecule has 6 nitrogen and oxygen atoms in total. The van der Waals surface area contributed by atoms with E-state index in [0.29, 0.717) is 19.1 Å². The number of hydrogen-bond acceptors (Lipinski definition) is 5. The molecule has 0 bridgehead atoms. The SMILES string of the molecule is COCCN1CCC[C@]2(CCN(c3ncnc(C)c3C)C2)C1=O. The van der Waals surface area contributed by atoms with Crippen molar-refractivity contribution in [3.05, 3.63) is 17.6 Å². The van der Waals surface area contributed by atoms with Gasteiger partial charge in [-0.2, -0.15) is 0 Å². The Labute approximate surface area is 137 Å². The van der Waals surface area contributed by atoms with Crippen LogP contribution >= 0.6 is 0 Å². The molecule has 2 aliphatic heterocycles. The Bertz CT molecular complexity index is 592.